The van der Waals surface area contributed by atoms with Crippen LogP contribution in [0.15, 0.2) is 65.6 Å². The monoisotopic (exact) mass is 360 g/mol. The fourth-order valence-corrected chi connectivity index (χ4v) is 4.56. The van der Waals surface area contributed by atoms with E-state index >= 15 is 0 Å². The molecular weight excluding hydrogens is 336 g/mol. The van der Waals surface area contributed by atoms with E-state index in [2.05, 4.69) is 9.62 Å². The molecule has 0 saturated carbocycles. The quantitative estimate of drug-likeness (QED) is 0.858. The first-order valence-corrected chi connectivity index (χ1v) is 9.93. The topological polar surface area (TPSA) is 58.6 Å². The Balaban J connectivity index is 1.91. The smallest absolute Gasteiger partial charge is 0.241 e. The van der Waals surface area contributed by atoms with Crippen LogP contribution < -0.4 is 4.72 Å². The summed E-state index contributed by atoms with van der Waals surface area (Å²) in [5.41, 5.74) is 0.216. The van der Waals surface area contributed by atoms with Gasteiger partial charge in [-0.3, -0.25) is 4.90 Å². The highest BCUT2D eigenvalue weighted by molar-refractivity contribution is 7.89. The summed E-state index contributed by atoms with van der Waals surface area (Å²) in [6.07, 6.45) is 0. The van der Waals surface area contributed by atoms with Crippen molar-refractivity contribution in [3.63, 3.8) is 0 Å². The number of morpholine rings is 1. The summed E-state index contributed by atoms with van der Waals surface area (Å²) in [7, 11) is -3.62. The summed E-state index contributed by atoms with van der Waals surface area (Å²) in [6.45, 7) is 5.49. The zero-order valence-corrected chi connectivity index (χ0v) is 15.2. The summed E-state index contributed by atoms with van der Waals surface area (Å²) in [5, 5.41) is 0. The summed E-state index contributed by atoms with van der Waals surface area (Å²) in [4.78, 5) is 2.52. The van der Waals surface area contributed by atoms with E-state index in [1.165, 1.54) is 0 Å². The lowest BCUT2D eigenvalue weighted by atomic mass is 9.92. The van der Waals surface area contributed by atoms with Crippen molar-refractivity contribution in [3.8, 4) is 0 Å². The first-order chi connectivity index (χ1) is 12.0. The number of sulfonamides is 1. The molecule has 0 bridgehead atoms. The zero-order valence-electron chi connectivity index (χ0n) is 14.4. The Morgan fingerprint density at radius 3 is 2.16 bits per heavy atom. The minimum atomic E-state index is -3.62. The SMILES string of the molecule is C[C@](CN1CCOCC1)(NS(=O)(=O)c1ccccc1)c1ccccc1. The molecule has 1 fully saturated rings. The standard InChI is InChI=1S/C19H24N2O3S/c1-19(17-8-4-2-5-9-17,16-21-12-14-24-15-13-21)20-25(22,23)18-10-6-3-7-11-18/h2-11,20H,12-16H2,1H3/t19-/m1/s1. The molecule has 1 heterocycles. The van der Waals surface area contributed by atoms with Crippen LogP contribution in [0.2, 0.25) is 0 Å². The fraction of sp³-hybridized carbons (Fsp3) is 0.368. The van der Waals surface area contributed by atoms with Crippen LogP contribution >= 0.6 is 0 Å². The fourth-order valence-electron chi connectivity index (χ4n) is 3.15. The van der Waals surface area contributed by atoms with Gasteiger partial charge >= 0.3 is 0 Å². The second-order valence-electron chi connectivity index (χ2n) is 6.51. The highest BCUT2D eigenvalue weighted by Crippen LogP contribution is 2.25. The summed E-state index contributed by atoms with van der Waals surface area (Å²) in [5.74, 6) is 0. The van der Waals surface area contributed by atoms with Gasteiger partial charge in [-0.1, -0.05) is 48.5 Å². The first-order valence-electron chi connectivity index (χ1n) is 8.44. The van der Waals surface area contributed by atoms with Crippen LogP contribution in [0.1, 0.15) is 12.5 Å². The molecule has 134 valence electrons. The van der Waals surface area contributed by atoms with Crippen LogP contribution in [0.3, 0.4) is 0 Å². The molecule has 2 aromatic rings. The number of benzene rings is 2. The van der Waals surface area contributed by atoms with Gasteiger partial charge in [-0.25, -0.2) is 8.42 Å². The molecule has 0 amide bonds. The van der Waals surface area contributed by atoms with Gasteiger partial charge in [-0.05, 0) is 24.6 Å². The van der Waals surface area contributed by atoms with Gasteiger partial charge in [0.25, 0.3) is 0 Å². The zero-order chi connectivity index (χ0) is 17.8. The molecule has 0 spiro atoms. The predicted molar refractivity (Wildman–Crippen MR) is 97.8 cm³/mol. The molecule has 1 N–H and O–H groups in total. The average molecular weight is 360 g/mol. The Bertz CT molecular complexity index is 775. The minimum Gasteiger partial charge on any atom is -0.379 e. The van der Waals surface area contributed by atoms with Crippen molar-refractivity contribution in [2.45, 2.75) is 17.4 Å². The third-order valence-electron chi connectivity index (χ3n) is 4.47. The molecule has 5 nitrogen and oxygen atoms in total. The van der Waals surface area contributed by atoms with Gasteiger partial charge in [0.1, 0.15) is 0 Å². The van der Waals surface area contributed by atoms with E-state index in [9.17, 15) is 8.42 Å². The van der Waals surface area contributed by atoms with E-state index in [0.29, 0.717) is 19.8 Å². The highest BCUT2D eigenvalue weighted by Gasteiger charge is 2.34. The Kier molecular flexibility index (Phi) is 5.54. The van der Waals surface area contributed by atoms with Crippen molar-refractivity contribution in [2.75, 3.05) is 32.8 Å². The van der Waals surface area contributed by atoms with Crippen LogP contribution in [-0.4, -0.2) is 46.2 Å². The maximum atomic E-state index is 12.9. The number of rotatable bonds is 6. The summed E-state index contributed by atoms with van der Waals surface area (Å²) in [6, 6.07) is 18.2. The molecule has 2 aromatic carbocycles. The van der Waals surface area contributed by atoms with E-state index in [4.69, 9.17) is 4.74 Å². The lowest BCUT2D eigenvalue weighted by Crippen LogP contribution is -2.53. The first kappa shape index (κ1) is 18.1. The molecule has 25 heavy (non-hydrogen) atoms. The molecule has 1 aliphatic heterocycles. The van der Waals surface area contributed by atoms with Gasteiger partial charge in [0, 0.05) is 19.6 Å². The third-order valence-corrected chi connectivity index (χ3v) is 6.08. The second-order valence-corrected chi connectivity index (χ2v) is 8.19. The Morgan fingerprint density at radius 1 is 1.00 bits per heavy atom. The summed E-state index contributed by atoms with van der Waals surface area (Å²) >= 11 is 0. The maximum Gasteiger partial charge on any atom is 0.241 e. The normalized spacial score (nSPS) is 18.6. The van der Waals surface area contributed by atoms with Crippen LogP contribution in [0.25, 0.3) is 0 Å². The number of hydrogen-bond acceptors (Lipinski definition) is 4. The largest absolute Gasteiger partial charge is 0.379 e. The predicted octanol–water partition coefficient (Wildman–Crippen LogP) is 2.21. The van der Waals surface area contributed by atoms with E-state index in [1.807, 2.05) is 43.3 Å². The lowest BCUT2D eigenvalue weighted by Gasteiger charge is -2.38. The van der Waals surface area contributed by atoms with Gasteiger partial charge in [0.15, 0.2) is 0 Å². The molecule has 1 atom stereocenters. The van der Waals surface area contributed by atoms with E-state index in [-0.39, 0.29) is 4.90 Å². The van der Waals surface area contributed by atoms with Gasteiger partial charge in [0.2, 0.25) is 10.0 Å². The number of nitrogens with zero attached hydrogens (tertiary/aromatic N) is 1. The van der Waals surface area contributed by atoms with Gasteiger partial charge in [-0.2, -0.15) is 4.72 Å². The van der Waals surface area contributed by atoms with Crippen LogP contribution in [-0.2, 0) is 20.3 Å². The number of hydrogen-bond donors (Lipinski definition) is 1. The van der Waals surface area contributed by atoms with Crippen LogP contribution in [0, 0.1) is 0 Å². The van der Waals surface area contributed by atoms with Crippen molar-refractivity contribution in [1.82, 2.24) is 9.62 Å². The third kappa shape index (κ3) is 4.46. The Morgan fingerprint density at radius 2 is 1.56 bits per heavy atom. The molecule has 3 rings (SSSR count). The van der Waals surface area contributed by atoms with Gasteiger partial charge < -0.3 is 4.74 Å². The molecule has 1 saturated heterocycles. The van der Waals surface area contributed by atoms with Gasteiger partial charge in [-0.15, -0.1) is 0 Å². The molecule has 0 radical (unpaired) electrons. The highest BCUT2D eigenvalue weighted by atomic mass is 32.2. The summed E-state index contributed by atoms with van der Waals surface area (Å²) < 4.78 is 34.2. The molecule has 6 heteroatoms. The van der Waals surface area contributed by atoms with E-state index in [0.717, 1.165) is 18.7 Å². The second kappa shape index (κ2) is 7.66. The van der Waals surface area contributed by atoms with Crippen molar-refractivity contribution in [3.05, 3.63) is 66.2 Å². The number of ether oxygens (including phenoxy) is 1. The van der Waals surface area contributed by atoms with E-state index in [1.54, 1.807) is 24.3 Å². The maximum absolute atomic E-state index is 12.9. The van der Waals surface area contributed by atoms with E-state index < -0.39 is 15.6 Å². The lowest BCUT2D eigenvalue weighted by molar-refractivity contribution is 0.0271. The molecule has 0 aliphatic carbocycles. The van der Waals surface area contributed by atoms with Crippen molar-refractivity contribution in [2.24, 2.45) is 0 Å². The van der Waals surface area contributed by atoms with Crippen molar-refractivity contribution in [1.29, 1.82) is 0 Å². The Hall–Kier alpha value is -1.73. The average Bonchev–Trinajstić information content (AvgIpc) is 2.63. The number of nitrogens with one attached hydrogen (secondary N) is 1. The van der Waals surface area contributed by atoms with Crippen molar-refractivity contribution >= 4 is 10.0 Å². The molecule has 0 aromatic heterocycles. The Labute approximate surface area is 149 Å². The van der Waals surface area contributed by atoms with Crippen LogP contribution in [0.5, 0.6) is 0 Å². The minimum absolute atomic E-state index is 0.277. The van der Waals surface area contributed by atoms with Crippen LogP contribution in [0.4, 0.5) is 0 Å². The molecule has 1 aliphatic rings. The van der Waals surface area contributed by atoms with Gasteiger partial charge in [0.05, 0.1) is 23.6 Å². The van der Waals surface area contributed by atoms with Crippen molar-refractivity contribution < 1.29 is 13.2 Å². The molecule has 0 unspecified atom stereocenters. The molecular formula is C19H24N2O3S.